The van der Waals surface area contributed by atoms with Crippen molar-refractivity contribution in [2.75, 3.05) is 19.8 Å². The summed E-state index contributed by atoms with van der Waals surface area (Å²) in [6, 6.07) is 33.6. The van der Waals surface area contributed by atoms with Crippen molar-refractivity contribution in [2.24, 2.45) is 5.92 Å². The number of hydrogen-bond acceptors (Lipinski definition) is 9. The molecular formula is C58H42F4N4O7. The monoisotopic (exact) mass is 982 g/mol. The van der Waals surface area contributed by atoms with E-state index in [1.165, 1.54) is 36.4 Å². The van der Waals surface area contributed by atoms with Gasteiger partial charge in [-0.25, -0.2) is 18.7 Å². The summed E-state index contributed by atoms with van der Waals surface area (Å²) in [6.45, 7) is 0.126. The van der Waals surface area contributed by atoms with Gasteiger partial charge in [0.05, 0.1) is 41.6 Å². The highest BCUT2D eigenvalue weighted by Crippen LogP contribution is 2.43. The summed E-state index contributed by atoms with van der Waals surface area (Å²) in [5.74, 6) is -7.12. The van der Waals surface area contributed by atoms with Crippen LogP contribution in [0.3, 0.4) is 0 Å². The molecule has 2 atom stereocenters. The van der Waals surface area contributed by atoms with Crippen LogP contribution >= 0.6 is 0 Å². The van der Waals surface area contributed by atoms with Gasteiger partial charge in [0.1, 0.15) is 35.7 Å². The van der Waals surface area contributed by atoms with E-state index in [-0.39, 0.29) is 46.3 Å². The second kappa shape index (κ2) is 18.5. The molecule has 0 spiro atoms. The van der Waals surface area contributed by atoms with E-state index in [1.807, 2.05) is 12.1 Å². The molecule has 6 heterocycles. The van der Waals surface area contributed by atoms with Crippen molar-refractivity contribution in [3.8, 4) is 73.3 Å². The molecule has 12 rings (SSSR count). The predicted octanol–water partition coefficient (Wildman–Crippen LogP) is 13.3. The first-order valence-corrected chi connectivity index (χ1v) is 23.6. The molecule has 15 heteroatoms. The van der Waals surface area contributed by atoms with Crippen molar-refractivity contribution in [3.05, 3.63) is 173 Å². The first-order chi connectivity index (χ1) is 35.5. The van der Waals surface area contributed by atoms with Gasteiger partial charge in [0.2, 0.25) is 11.6 Å². The normalized spacial score (nSPS) is 16.1. The lowest BCUT2D eigenvalue weighted by atomic mass is 10.0. The van der Waals surface area contributed by atoms with Gasteiger partial charge in [-0.05, 0) is 133 Å². The van der Waals surface area contributed by atoms with Crippen molar-refractivity contribution in [1.29, 1.82) is 0 Å². The van der Waals surface area contributed by atoms with Gasteiger partial charge in [-0.2, -0.15) is 8.78 Å². The number of benzene rings is 5. The molecule has 0 radical (unpaired) electrons. The number of ether oxygens (including phenoxy) is 4. The second-order valence-electron chi connectivity index (χ2n) is 18.2. The number of phenolic OH excluding ortho intramolecular Hbond substituents is 3. The molecule has 3 aliphatic heterocycles. The number of nitrogens with one attached hydrogen (secondary N) is 2. The van der Waals surface area contributed by atoms with E-state index >= 15 is 17.6 Å². The number of aromatic hydroxyl groups is 3. The fourth-order valence-electron chi connectivity index (χ4n) is 9.43. The molecule has 5 aromatic carbocycles. The van der Waals surface area contributed by atoms with Crippen LogP contribution in [0.4, 0.5) is 17.6 Å². The zero-order valence-electron chi connectivity index (χ0n) is 38.5. The minimum atomic E-state index is -1.78. The van der Waals surface area contributed by atoms with Crippen LogP contribution in [-0.2, 0) is 9.47 Å². The van der Waals surface area contributed by atoms with Gasteiger partial charge >= 0.3 is 0 Å². The van der Waals surface area contributed by atoms with Crippen LogP contribution in [0.2, 0.25) is 0 Å². The van der Waals surface area contributed by atoms with Gasteiger partial charge in [-0.1, -0.05) is 48.5 Å². The van der Waals surface area contributed by atoms with Crippen LogP contribution in [0.15, 0.2) is 121 Å². The molecule has 4 aliphatic rings. The van der Waals surface area contributed by atoms with Gasteiger partial charge < -0.3 is 44.2 Å². The molecule has 0 amide bonds. The molecule has 1 aliphatic carbocycles. The summed E-state index contributed by atoms with van der Waals surface area (Å²) in [4.78, 5) is 16.8. The Bertz CT molecular complexity index is 3680. The minimum Gasteiger partial charge on any atom is -0.508 e. The average Bonchev–Trinajstić information content (AvgIpc) is 4.02. The Balaban J connectivity index is 1.02. The summed E-state index contributed by atoms with van der Waals surface area (Å²) in [7, 11) is 0. The number of rotatable bonds is 11. The van der Waals surface area contributed by atoms with Crippen molar-refractivity contribution in [3.63, 3.8) is 0 Å². The quantitative estimate of drug-likeness (QED) is 0.0629. The number of aromatic nitrogens is 4. The van der Waals surface area contributed by atoms with Crippen molar-refractivity contribution in [1.82, 2.24) is 19.9 Å². The lowest BCUT2D eigenvalue weighted by Crippen LogP contribution is -2.21. The van der Waals surface area contributed by atoms with Crippen LogP contribution < -0.4 is 9.47 Å². The molecular weight excluding hydrogens is 941 g/mol. The van der Waals surface area contributed by atoms with E-state index in [0.29, 0.717) is 85.2 Å². The van der Waals surface area contributed by atoms with E-state index in [9.17, 15) is 15.3 Å². The first-order valence-electron chi connectivity index (χ1n) is 23.6. The van der Waals surface area contributed by atoms with Gasteiger partial charge in [-0.15, -0.1) is 0 Å². The average molecular weight is 983 g/mol. The highest BCUT2D eigenvalue weighted by molar-refractivity contribution is 6.00. The summed E-state index contributed by atoms with van der Waals surface area (Å²) in [5, 5.41) is 32.1. The maximum Gasteiger partial charge on any atom is 0.204 e. The SMILES string of the molecule is Oc1cccc(-c2c3nc(c(-c4cccc(O)c4)c4ccc([nH]4)c(-c4c(F)c(F)c(OCC5COC(c6ccc(OCC7CC7)cc6)O5)c(F)c4F)c4nc(c(-c5cccc(O)c5)c5ccc2[nH]5)C=C4)C=C3)c1. The molecule has 8 aromatic rings. The fourth-order valence-corrected chi connectivity index (χ4v) is 9.43. The van der Waals surface area contributed by atoms with E-state index in [2.05, 4.69) is 9.97 Å². The number of nitrogens with zero attached hydrogens (tertiary/aromatic N) is 2. The number of phenols is 3. The van der Waals surface area contributed by atoms with Crippen LogP contribution in [0.1, 0.15) is 47.5 Å². The topological polar surface area (TPSA) is 155 Å². The Morgan fingerprint density at radius 3 is 1.41 bits per heavy atom. The molecule has 8 bridgehead atoms. The number of hydrogen-bond donors (Lipinski definition) is 5. The molecule has 364 valence electrons. The minimum absolute atomic E-state index is 0.0135. The lowest BCUT2D eigenvalue weighted by molar-refractivity contribution is -0.0662. The smallest absolute Gasteiger partial charge is 0.204 e. The fraction of sp³-hybridized carbons (Fsp3) is 0.138. The standard InChI is InChI=1S/C58H42F4N4O7/c59-53-52(54(60)56(62)57(55(53)61)71-28-39-29-72-58(73-39)31-12-14-38(15-13-31)70-27-30-10-11-30)51-46-22-20-44(65-46)49(33-5-2-8-36(68)25-33)42-18-16-40(63-42)48(32-4-1-7-35(67)24-32)41-17-19-43(64-41)50(45-21-23-47(51)66-45)34-6-3-9-37(69)26-34/h1-9,12-26,30,39,58,63,66-69H,10-11,27-29H2. The number of H-pyrrole nitrogens is 2. The summed E-state index contributed by atoms with van der Waals surface area (Å²) in [5.41, 5.74) is 5.00. The van der Waals surface area contributed by atoms with Crippen LogP contribution in [-0.4, -0.2) is 61.2 Å². The molecule has 2 unspecified atom stereocenters. The zero-order chi connectivity index (χ0) is 49.9. The maximum atomic E-state index is 17.0. The Kier molecular flexibility index (Phi) is 11.5. The summed E-state index contributed by atoms with van der Waals surface area (Å²) >= 11 is 0. The highest BCUT2D eigenvalue weighted by Gasteiger charge is 2.33. The van der Waals surface area contributed by atoms with E-state index in [1.54, 1.807) is 97.1 Å². The Labute approximate surface area is 413 Å². The van der Waals surface area contributed by atoms with Gasteiger partial charge in [-0.3, -0.25) is 0 Å². The third-order valence-electron chi connectivity index (χ3n) is 13.1. The van der Waals surface area contributed by atoms with Crippen LogP contribution in [0.25, 0.3) is 90.9 Å². The van der Waals surface area contributed by atoms with E-state index < -0.39 is 53.6 Å². The van der Waals surface area contributed by atoms with Crippen molar-refractivity contribution in [2.45, 2.75) is 25.2 Å². The maximum absolute atomic E-state index is 17.0. The van der Waals surface area contributed by atoms with Gasteiger partial charge in [0.25, 0.3) is 0 Å². The van der Waals surface area contributed by atoms with Gasteiger partial charge in [0.15, 0.2) is 23.7 Å². The number of aromatic amines is 2. The molecule has 3 aromatic heterocycles. The zero-order valence-corrected chi connectivity index (χ0v) is 38.5. The van der Waals surface area contributed by atoms with Crippen molar-refractivity contribution >= 4 is 46.4 Å². The van der Waals surface area contributed by atoms with Crippen molar-refractivity contribution < 1.29 is 51.8 Å². The number of fused-ring (bicyclic) bond motifs is 8. The second-order valence-corrected chi connectivity index (χ2v) is 18.2. The summed E-state index contributed by atoms with van der Waals surface area (Å²) < 4.78 is 90.1. The Hall–Kier alpha value is -8.66. The first kappa shape index (κ1) is 45.5. The Morgan fingerprint density at radius 2 is 0.959 bits per heavy atom. The predicted molar refractivity (Wildman–Crippen MR) is 269 cm³/mol. The van der Waals surface area contributed by atoms with E-state index in [4.69, 9.17) is 28.9 Å². The number of halogens is 4. The largest absolute Gasteiger partial charge is 0.508 e. The third kappa shape index (κ3) is 8.72. The molecule has 5 N–H and O–H groups in total. The molecule has 1 saturated carbocycles. The highest BCUT2D eigenvalue weighted by atomic mass is 19.2. The van der Waals surface area contributed by atoms with Crippen LogP contribution in [0, 0.1) is 29.2 Å². The summed E-state index contributed by atoms with van der Waals surface area (Å²) in [6.07, 6.45) is 7.30. The van der Waals surface area contributed by atoms with Crippen LogP contribution in [0.5, 0.6) is 28.7 Å². The third-order valence-corrected chi connectivity index (χ3v) is 13.1. The lowest BCUT2D eigenvalue weighted by Gasteiger charge is -2.16. The van der Waals surface area contributed by atoms with Gasteiger partial charge in [0, 0.05) is 49.9 Å². The Morgan fingerprint density at radius 1 is 0.507 bits per heavy atom. The molecule has 2 fully saturated rings. The molecule has 73 heavy (non-hydrogen) atoms. The molecule has 11 nitrogen and oxygen atoms in total. The molecule has 1 saturated heterocycles. The van der Waals surface area contributed by atoms with E-state index in [0.717, 1.165) is 12.8 Å².